The van der Waals surface area contributed by atoms with Crippen molar-refractivity contribution in [3.8, 4) is 11.5 Å². The van der Waals surface area contributed by atoms with Crippen molar-refractivity contribution in [1.29, 1.82) is 0 Å². The average molecular weight is 370 g/mol. The molecule has 0 spiro atoms. The van der Waals surface area contributed by atoms with E-state index in [4.69, 9.17) is 9.47 Å². The minimum Gasteiger partial charge on any atom is -0.454 e. The van der Waals surface area contributed by atoms with E-state index < -0.39 is 0 Å². The van der Waals surface area contributed by atoms with Gasteiger partial charge in [-0.25, -0.2) is 0 Å². The molecule has 3 rings (SSSR count). The highest BCUT2D eigenvalue weighted by atomic mass is 32.2. The molecule has 1 aromatic carbocycles. The summed E-state index contributed by atoms with van der Waals surface area (Å²) in [6.07, 6.45) is 5.34. The summed E-state index contributed by atoms with van der Waals surface area (Å²) in [5, 5.41) is -0.140. The molecule has 2 aromatic rings. The van der Waals surface area contributed by atoms with Crippen LogP contribution in [0.25, 0.3) is 0 Å². The molecule has 5 nitrogen and oxygen atoms in total. The molecule has 2 heterocycles. The summed E-state index contributed by atoms with van der Waals surface area (Å²) in [6.45, 7) is 6.92. The summed E-state index contributed by atoms with van der Waals surface area (Å²) in [6, 6.07) is 9.66. The van der Waals surface area contributed by atoms with E-state index in [1.165, 1.54) is 0 Å². The number of aromatic nitrogens is 1. The molecule has 1 aliphatic heterocycles. The number of hydrogen-bond donors (Lipinski definition) is 0. The first-order chi connectivity index (χ1) is 12.7. The van der Waals surface area contributed by atoms with Crippen molar-refractivity contribution in [2.75, 3.05) is 12.5 Å². The van der Waals surface area contributed by atoms with Gasteiger partial charge in [0.05, 0.1) is 5.25 Å². The Bertz CT molecular complexity index is 767. The highest BCUT2D eigenvalue weighted by molar-refractivity contribution is 8.00. The lowest BCUT2D eigenvalue weighted by atomic mass is 10.1. The van der Waals surface area contributed by atoms with Crippen LogP contribution in [-0.2, 0) is 17.9 Å². The Hall–Kier alpha value is -2.47. The number of thioether (sulfide) groups is 1. The SMILES string of the molecule is C=CCS[C@@H](C)C(=O)N(Cc1cccnc1)Cc1ccc2c(c1)OCO2. The smallest absolute Gasteiger partial charge is 0.236 e. The molecule has 0 saturated carbocycles. The fourth-order valence-corrected chi connectivity index (χ4v) is 3.44. The molecule has 1 atom stereocenters. The number of pyridine rings is 1. The zero-order valence-electron chi connectivity index (χ0n) is 14.8. The van der Waals surface area contributed by atoms with E-state index in [9.17, 15) is 4.79 Å². The van der Waals surface area contributed by atoms with Crippen molar-refractivity contribution in [3.05, 3.63) is 66.5 Å². The van der Waals surface area contributed by atoms with Crippen LogP contribution in [0.15, 0.2) is 55.4 Å². The van der Waals surface area contributed by atoms with E-state index in [0.29, 0.717) is 13.1 Å². The van der Waals surface area contributed by atoms with E-state index in [1.807, 2.05) is 48.2 Å². The lowest BCUT2D eigenvalue weighted by Crippen LogP contribution is -2.35. The highest BCUT2D eigenvalue weighted by Gasteiger charge is 2.22. The number of nitrogens with zero attached hydrogens (tertiary/aromatic N) is 2. The van der Waals surface area contributed by atoms with Crippen LogP contribution in [0.5, 0.6) is 11.5 Å². The van der Waals surface area contributed by atoms with Gasteiger partial charge in [-0.3, -0.25) is 9.78 Å². The van der Waals surface area contributed by atoms with Gasteiger partial charge in [0, 0.05) is 31.2 Å². The van der Waals surface area contributed by atoms with E-state index in [2.05, 4.69) is 11.6 Å². The standard InChI is InChI=1S/C20H22N2O3S/c1-3-9-26-15(2)20(23)22(13-17-5-4-8-21-11-17)12-16-6-7-18-19(10-16)25-14-24-18/h3-8,10-11,15H,1,9,12-14H2,2H3/t15-/m0/s1. The van der Waals surface area contributed by atoms with Gasteiger partial charge >= 0.3 is 0 Å². The maximum atomic E-state index is 13.0. The zero-order chi connectivity index (χ0) is 18.4. The first-order valence-electron chi connectivity index (χ1n) is 8.46. The Morgan fingerprint density at radius 2 is 2.12 bits per heavy atom. The predicted molar refractivity (Wildman–Crippen MR) is 103 cm³/mol. The molecule has 26 heavy (non-hydrogen) atoms. The Morgan fingerprint density at radius 1 is 1.31 bits per heavy atom. The molecule has 0 bridgehead atoms. The number of rotatable bonds is 8. The third-order valence-electron chi connectivity index (χ3n) is 4.03. The minimum absolute atomic E-state index is 0.0957. The van der Waals surface area contributed by atoms with Crippen LogP contribution in [0.1, 0.15) is 18.1 Å². The van der Waals surface area contributed by atoms with E-state index >= 15 is 0 Å². The summed E-state index contributed by atoms with van der Waals surface area (Å²) in [4.78, 5) is 19.0. The maximum Gasteiger partial charge on any atom is 0.236 e. The van der Waals surface area contributed by atoms with E-state index in [-0.39, 0.29) is 18.0 Å². The van der Waals surface area contributed by atoms with Crippen LogP contribution in [0.3, 0.4) is 0 Å². The fraction of sp³-hybridized carbons (Fsp3) is 0.300. The number of amides is 1. The first-order valence-corrected chi connectivity index (χ1v) is 9.51. The van der Waals surface area contributed by atoms with Gasteiger partial charge in [0.25, 0.3) is 0 Å². The molecular weight excluding hydrogens is 348 g/mol. The molecule has 0 N–H and O–H groups in total. The van der Waals surface area contributed by atoms with Crippen LogP contribution in [0, 0.1) is 0 Å². The van der Waals surface area contributed by atoms with Gasteiger partial charge in [0.15, 0.2) is 11.5 Å². The summed E-state index contributed by atoms with van der Waals surface area (Å²) in [7, 11) is 0. The second kappa shape index (κ2) is 8.76. The number of carbonyl (C=O) groups is 1. The quantitative estimate of drug-likeness (QED) is 0.664. The van der Waals surface area contributed by atoms with Crippen molar-refractivity contribution in [2.45, 2.75) is 25.3 Å². The number of carbonyl (C=O) groups excluding carboxylic acids is 1. The third-order valence-corrected chi connectivity index (χ3v) is 5.16. The summed E-state index contributed by atoms with van der Waals surface area (Å²) >= 11 is 1.58. The second-order valence-electron chi connectivity index (χ2n) is 6.01. The highest BCUT2D eigenvalue weighted by Crippen LogP contribution is 2.33. The Kier molecular flexibility index (Phi) is 6.17. The summed E-state index contributed by atoms with van der Waals surface area (Å²) in [5.74, 6) is 2.31. The van der Waals surface area contributed by atoms with Crippen molar-refractivity contribution < 1.29 is 14.3 Å². The number of fused-ring (bicyclic) bond motifs is 1. The monoisotopic (exact) mass is 370 g/mol. The molecule has 0 saturated heterocycles. The topological polar surface area (TPSA) is 51.7 Å². The molecule has 136 valence electrons. The van der Waals surface area contributed by atoms with Crippen LogP contribution >= 0.6 is 11.8 Å². The molecule has 1 aliphatic rings. The van der Waals surface area contributed by atoms with Crippen LogP contribution in [0.4, 0.5) is 0 Å². The normalized spacial score (nSPS) is 13.3. The summed E-state index contributed by atoms with van der Waals surface area (Å²) in [5.41, 5.74) is 2.01. The molecule has 6 heteroatoms. The largest absolute Gasteiger partial charge is 0.454 e. The molecule has 0 fully saturated rings. The van der Waals surface area contributed by atoms with E-state index in [0.717, 1.165) is 28.4 Å². The third kappa shape index (κ3) is 4.58. The van der Waals surface area contributed by atoms with Gasteiger partial charge in [-0.15, -0.1) is 18.3 Å². The molecular formula is C20H22N2O3S. The van der Waals surface area contributed by atoms with E-state index in [1.54, 1.807) is 24.2 Å². The molecule has 0 unspecified atom stereocenters. The van der Waals surface area contributed by atoms with Gasteiger partial charge in [-0.1, -0.05) is 18.2 Å². The lowest BCUT2D eigenvalue weighted by molar-refractivity contribution is -0.131. The van der Waals surface area contributed by atoms with Crippen molar-refractivity contribution in [1.82, 2.24) is 9.88 Å². The fourth-order valence-electron chi connectivity index (χ4n) is 2.72. The van der Waals surface area contributed by atoms with Crippen LogP contribution in [0.2, 0.25) is 0 Å². The molecule has 0 radical (unpaired) electrons. The molecule has 1 aromatic heterocycles. The second-order valence-corrected chi connectivity index (χ2v) is 7.38. The average Bonchev–Trinajstić information content (AvgIpc) is 3.13. The van der Waals surface area contributed by atoms with Gasteiger partial charge in [0.1, 0.15) is 0 Å². The van der Waals surface area contributed by atoms with Crippen molar-refractivity contribution in [3.63, 3.8) is 0 Å². The number of ether oxygens (including phenoxy) is 2. The summed E-state index contributed by atoms with van der Waals surface area (Å²) < 4.78 is 10.8. The van der Waals surface area contributed by atoms with Crippen LogP contribution in [-0.4, -0.2) is 33.6 Å². The van der Waals surface area contributed by atoms with Gasteiger partial charge in [-0.05, 0) is 36.2 Å². The van der Waals surface area contributed by atoms with Gasteiger partial charge in [-0.2, -0.15) is 0 Å². The predicted octanol–water partition coefficient (Wildman–Crippen LogP) is 3.65. The number of benzene rings is 1. The molecule has 0 aliphatic carbocycles. The Morgan fingerprint density at radius 3 is 2.88 bits per heavy atom. The van der Waals surface area contributed by atoms with Crippen molar-refractivity contribution >= 4 is 17.7 Å². The lowest BCUT2D eigenvalue weighted by Gasteiger charge is -2.26. The Balaban J connectivity index is 1.77. The molecule has 1 amide bonds. The van der Waals surface area contributed by atoms with Crippen molar-refractivity contribution in [2.24, 2.45) is 0 Å². The first kappa shape index (κ1) is 18.3. The van der Waals surface area contributed by atoms with Gasteiger partial charge < -0.3 is 14.4 Å². The zero-order valence-corrected chi connectivity index (χ0v) is 15.6. The van der Waals surface area contributed by atoms with Crippen LogP contribution < -0.4 is 9.47 Å². The Labute approximate surface area is 158 Å². The number of hydrogen-bond acceptors (Lipinski definition) is 5. The maximum absolute atomic E-state index is 13.0. The van der Waals surface area contributed by atoms with Gasteiger partial charge in [0.2, 0.25) is 12.7 Å². The minimum atomic E-state index is -0.140.